The summed E-state index contributed by atoms with van der Waals surface area (Å²) in [7, 11) is 0. The maximum Gasteiger partial charge on any atom is 0.341 e. The van der Waals surface area contributed by atoms with Crippen molar-refractivity contribution in [1.29, 1.82) is 0 Å². The third-order valence-electron chi connectivity index (χ3n) is 5.47. The molecule has 0 atom stereocenters. The molecule has 5 nitrogen and oxygen atoms in total. The molecule has 7 heteroatoms. The third-order valence-corrected chi connectivity index (χ3v) is 7.22. The van der Waals surface area contributed by atoms with Crippen LogP contribution in [0, 0.1) is 0 Å². The van der Waals surface area contributed by atoms with Gasteiger partial charge in [-0.1, -0.05) is 51.2 Å². The highest BCUT2D eigenvalue weighted by Crippen LogP contribution is 2.41. The molecule has 3 aromatic heterocycles. The first-order valence-electron chi connectivity index (χ1n) is 11.8. The maximum atomic E-state index is 13.2. The molecule has 0 aliphatic heterocycles. The van der Waals surface area contributed by atoms with E-state index in [1.54, 1.807) is 36.5 Å². The summed E-state index contributed by atoms with van der Waals surface area (Å²) >= 11 is 3.11. The van der Waals surface area contributed by atoms with Gasteiger partial charge in [0.1, 0.15) is 11.1 Å². The van der Waals surface area contributed by atoms with Crippen LogP contribution in [0.2, 0.25) is 0 Å². The van der Waals surface area contributed by atoms with E-state index >= 15 is 0 Å². The Morgan fingerprint density at radius 3 is 1.67 bits per heavy atom. The number of esters is 2. The number of unbranched alkanes of at least 4 members (excludes halogenated alkanes) is 5. The molecule has 0 saturated carbocycles. The van der Waals surface area contributed by atoms with Gasteiger partial charge in [0.2, 0.25) is 0 Å². The van der Waals surface area contributed by atoms with Crippen molar-refractivity contribution >= 4 is 34.6 Å². The molecule has 0 radical (unpaired) electrons. The van der Waals surface area contributed by atoms with Crippen molar-refractivity contribution in [3.8, 4) is 21.1 Å². The van der Waals surface area contributed by atoms with Crippen LogP contribution in [0.5, 0.6) is 0 Å². The number of hydrogen-bond acceptors (Lipinski definition) is 6. The highest BCUT2D eigenvalue weighted by molar-refractivity contribution is 7.14. The van der Waals surface area contributed by atoms with Crippen LogP contribution in [-0.2, 0) is 16.0 Å². The quantitative estimate of drug-likeness (QED) is 0.183. The van der Waals surface area contributed by atoms with Crippen molar-refractivity contribution in [2.24, 2.45) is 0 Å². The Morgan fingerprint density at radius 1 is 0.758 bits per heavy atom. The Bertz CT molecular complexity index is 946. The first kappa shape index (κ1) is 25.2. The first-order chi connectivity index (χ1) is 16.1. The highest BCUT2D eigenvalue weighted by atomic mass is 32.1. The molecule has 0 aromatic carbocycles. The van der Waals surface area contributed by atoms with E-state index in [0.717, 1.165) is 40.5 Å². The predicted molar refractivity (Wildman–Crippen MR) is 136 cm³/mol. The normalized spacial score (nSPS) is 11.0. The summed E-state index contributed by atoms with van der Waals surface area (Å²) in [6.07, 6.45) is 6.97. The fraction of sp³-hybridized carbons (Fsp3) is 0.462. The number of nitrogens with zero attached hydrogens (tertiary/aromatic N) is 1. The number of carbonyl (C=O) groups is 2. The molecule has 3 rings (SSSR count). The lowest BCUT2D eigenvalue weighted by Gasteiger charge is -2.13. The van der Waals surface area contributed by atoms with E-state index < -0.39 is 11.9 Å². The van der Waals surface area contributed by atoms with E-state index in [4.69, 9.17) is 9.47 Å². The van der Waals surface area contributed by atoms with Gasteiger partial charge in [0.15, 0.2) is 0 Å². The molecule has 33 heavy (non-hydrogen) atoms. The Hall–Kier alpha value is -2.38. The molecular weight excluding hydrogens is 454 g/mol. The van der Waals surface area contributed by atoms with Gasteiger partial charge in [-0.15, -0.1) is 22.7 Å². The Labute approximate surface area is 204 Å². The van der Waals surface area contributed by atoms with Crippen LogP contribution in [0.4, 0.5) is 0 Å². The largest absolute Gasteiger partial charge is 0.462 e. The zero-order chi connectivity index (χ0) is 23.6. The average Bonchev–Trinajstić information content (AvgIpc) is 3.56. The number of thiophene rings is 2. The van der Waals surface area contributed by atoms with Gasteiger partial charge >= 0.3 is 11.9 Å². The van der Waals surface area contributed by atoms with E-state index in [-0.39, 0.29) is 13.2 Å². The van der Waals surface area contributed by atoms with Gasteiger partial charge in [0.05, 0.1) is 34.4 Å². The predicted octanol–water partition coefficient (Wildman–Crippen LogP) is 7.66. The van der Waals surface area contributed by atoms with E-state index in [2.05, 4.69) is 11.5 Å². The van der Waals surface area contributed by atoms with E-state index in [1.807, 2.05) is 35.0 Å². The van der Waals surface area contributed by atoms with Gasteiger partial charge in [0, 0.05) is 6.54 Å². The second kappa shape index (κ2) is 12.8. The molecule has 0 fully saturated rings. The van der Waals surface area contributed by atoms with Gasteiger partial charge in [-0.25, -0.2) is 9.59 Å². The SMILES string of the molecule is CCCCCCCCn1c(-c2cccs2)c(C(=O)OCC)c(C(=O)OCC)c1-c1cccs1. The number of aromatic nitrogens is 1. The molecule has 3 heterocycles. The van der Waals surface area contributed by atoms with Gasteiger partial charge in [-0.05, 0) is 43.2 Å². The number of ether oxygens (including phenoxy) is 2. The fourth-order valence-electron chi connectivity index (χ4n) is 4.04. The minimum absolute atomic E-state index is 0.238. The monoisotopic (exact) mass is 487 g/mol. The molecule has 0 bridgehead atoms. The molecule has 0 unspecified atom stereocenters. The van der Waals surface area contributed by atoms with Crippen molar-refractivity contribution in [1.82, 2.24) is 4.57 Å². The van der Waals surface area contributed by atoms with Crippen LogP contribution in [0.1, 0.15) is 80.0 Å². The van der Waals surface area contributed by atoms with Crippen LogP contribution >= 0.6 is 22.7 Å². The summed E-state index contributed by atoms with van der Waals surface area (Å²) in [5.74, 6) is -0.966. The van der Waals surface area contributed by atoms with Gasteiger partial charge in [-0.3, -0.25) is 0 Å². The van der Waals surface area contributed by atoms with Crippen molar-refractivity contribution in [2.45, 2.75) is 65.8 Å². The van der Waals surface area contributed by atoms with E-state index in [1.165, 1.54) is 25.7 Å². The summed E-state index contributed by atoms with van der Waals surface area (Å²) in [6, 6.07) is 7.92. The minimum Gasteiger partial charge on any atom is -0.462 e. The van der Waals surface area contributed by atoms with Crippen LogP contribution < -0.4 is 0 Å². The van der Waals surface area contributed by atoms with Crippen molar-refractivity contribution in [2.75, 3.05) is 13.2 Å². The van der Waals surface area contributed by atoms with E-state index in [0.29, 0.717) is 11.1 Å². The van der Waals surface area contributed by atoms with Crippen molar-refractivity contribution in [3.05, 3.63) is 46.2 Å². The molecule has 0 spiro atoms. The van der Waals surface area contributed by atoms with Crippen LogP contribution in [-0.4, -0.2) is 29.7 Å². The Kier molecular flexibility index (Phi) is 9.76. The zero-order valence-electron chi connectivity index (χ0n) is 19.7. The third kappa shape index (κ3) is 5.95. The summed E-state index contributed by atoms with van der Waals surface area (Å²) in [6.45, 7) is 6.97. The van der Waals surface area contributed by atoms with Crippen LogP contribution in [0.3, 0.4) is 0 Å². The molecule has 0 N–H and O–H groups in total. The lowest BCUT2D eigenvalue weighted by molar-refractivity contribution is 0.0481. The standard InChI is InChI=1S/C26H33NO4S2/c1-4-7-8-9-10-11-16-27-23(19-14-12-17-32-19)21(25(28)30-5-2)22(26(29)31-6-3)24(27)20-15-13-18-33-20/h12-15,17-18H,4-11,16H2,1-3H3. The first-order valence-corrected chi connectivity index (χ1v) is 13.6. The van der Waals surface area contributed by atoms with Gasteiger partial charge in [0.25, 0.3) is 0 Å². The highest BCUT2D eigenvalue weighted by Gasteiger charge is 2.34. The molecule has 0 aliphatic carbocycles. The molecule has 0 saturated heterocycles. The Balaban J connectivity index is 2.18. The van der Waals surface area contributed by atoms with Crippen molar-refractivity contribution < 1.29 is 19.1 Å². The van der Waals surface area contributed by atoms with E-state index in [9.17, 15) is 9.59 Å². The molecule has 0 aliphatic rings. The summed E-state index contributed by atoms with van der Waals surface area (Å²) in [4.78, 5) is 28.4. The average molecular weight is 488 g/mol. The lowest BCUT2D eigenvalue weighted by atomic mass is 10.1. The number of rotatable bonds is 13. The zero-order valence-corrected chi connectivity index (χ0v) is 21.4. The Morgan fingerprint density at radius 2 is 1.24 bits per heavy atom. The van der Waals surface area contributed by atoms with Gasteiger partial charge < -0.3 is 14.0 Å². The number of hydrogen-bond donors (Lipinski definition) is 0. The summed E-state index contributed by atoms with van der Waals surface area (Å²) < 4.78 is 13.0. The van der Waals surface area contributed by atoms with Gasteiger partial charge in [-0.2, -0.15) is 0 Å². The molecule has 0 amide bonds. The summed E-state index contributed by atoms with van der Waals surface area (Å²) in [5, 5.41) is 3.97. The second-order valence-electron chi connectivity index (χ2n) is 7.76. The fourth-order valence-corrected chi connectivity index (χ4v) is 5.60. The smallest absolute Gasteiger partial charge is 0.341 e. The minimum atomic E-state index is -0.483. The second-order valence-corrected chi connectivity index (χ2v) is 9.66. The molecular formula is C26H33NO4S2. The number of carbonyl (C=O) groups excluding carboxylic acids is 2. The molecule has 3 aromatic rings. The topological polar surface area (TPSA) is 57.5 Å². The van der Waals surface area contributed by atoms with Crippen LogP contribution in [0.15, 0.2) is 35.0 Å². The molecule has 178 valence electrons. The van der Waals surface area contributed by atoms with Crippen LogP contribution in [0.25, 0.3) is 21.1 Å². The maximum absolute atomic E-state index is 13.2. The van der Waals surface area contributed by atoms with Crippen molar-refractivity contribution in [3.63, 3.8) is 0 Å². The summed E-state index contributed by atoms with van der Waals surface area (Å²) in [5.41, 5.74) is 2.13. The lowest BCUT2D eigenvalue weighted by Crippen LogP contribution is -2.13.